The van der Waals surface area contributed by atoms with Gasteiger partial charge in [0.2, 0.25) is 0 Å². The molecule has 0 bridgehead atoms. The number of hydrogen-bond acceptors (Lipinski definition) is 3. The normalized spacial score (nSPS) is 18.4. The minimum Gasteiger partial charge on any atom is -0.297 e. The minimum absolute atomic E-state index is 1.06. The lowest BCUT2D eigenvalue weighted by molar-refractivity contribution is 0.294. The Morgan fingerprint density at radius 3 is 2.79 bits per heavy atom. The van der Waals surface area contributed by atoms with E-state index in [4.69, 9.17) is 0 Å². The van der Waals surface area contributed by atoms with E-state index >= 15 is 0 Å². The average Bonchev–Trinajstić information content (AvgIpc) is 2.19. The molecule has 0 radical (unpaired) electrons. The average molecular weight is 225 g/mol. The van der Waals surface area contributed by atoms with Crippen molar-refractivity contribution in [2.75, 3.05) is 24.6 Å². The van der Waals surface area contributed by atoms with Gasteiger partial charge in [-0.15, -0.1) is 12.6 Å². The highest BCUT2D eigenvalue weighted by molar-refractivity contribution is 7.99. The van der Waals surface area contributed by atoms with E-state index in [-0.39, 0.29) is 0 Å². The monoisotopic (exact) mass is 225 g/mol. The predicted octanol–water partition coefficient (Wildman–Crippen LogP) is 2.52. The first kappa shape index (κ1) is 10.4. The number of thioether (sulfide) groups is 1. The molecule has 2 rings (SSSR count). The van der Waals surface area contributed by atoms with Crippen molar-refractivity contribution in [1.29, 1.82) is 0 Å². The van der Waals surface area contributed by atoms with E-state index in [1.54, 1.807) is 0 Å². The summed E-state index contributed by atoms with van der Waals surface area (Å²) in [6.07, 6.45) is 0. The molecule has 0 saturated carbocycles. The summed E-state index contributed by atoms with van der Waals surface area (Å²) >= 11 is 6.40. The van der Waals surface area contributed by atoms with Gasteiger partial charge in [0.15, 0.2) is 0 Å². The van der Waals surface area contributed by atoms with Crippen molar-refractivity contribution in [2.24, 2.45) is 0 Å². The van der Waals surface area contributed by atoms with Crippen LogP contribution in [0.3, 0.4) is 0 Å². The summed E-state index contributed by atoms with van der Waals surface area (Å²) in [5.41, 5.74) is 1.38. The van der Waals surface area contributed by atoms with E-state index in [0.717, 1.165) is 11.4 Å². The molecule has 0 atom stereocenters. The van der Waals surface area contributed by atoms with Crippen LogP contribution < -0.4 is 0 Å². The fourth-order valence-corrected chi connectivity index (χ4v) is 2.90. The standard InChI is InChI=1S/C11H15NS2/c13-11-3-1-2-10(8-11)9-12-4-6-14-7-5-12/h1-3,8,13H,4-7,9H2. The lowest BCUT2D eigenvalue weighted by Gasteiger charge is -2.26. The van der Waals surface area contributed by atoms with Gasteiger partial charge in [-0.05, 0) is 17.7 Å². The largest absolute Gasteiger partial charge is 0.297 e. The zero-order valence-corrected chi connectivity index (χ0v) is 9.86. The van der Waals surface area contributed by atoms with Crippen LogP contribution in [0.4, 0.5) is 0 Å². The smallest absolute Gasteiger partial charge is 0.0234 e. The zero-order chi connectivity index (χ0) is 9.80. The first-order valence-corrected chi connectivity index (χ1v) is 6.53. The lowest BCUT2D eigenvalue weighted by Crippen LogP contribution is -2.31. The Bertz CT molecular complexity index is 295. The summed E-state index contributed by atoms with van der Waals surface area (Å²) in [4.78, 5) is 3.58. The molecule has 1 saturated heterocycles. The van der Waals surface area contributed by atoms with Gasteiger partial charge in [0, 0.05) is 36.0 Å². The topological polar surface area (TPSA) is 3.24 Å². The van der Waals surface area contributed by atoms with Gasteiger partial charge in [0.05, 0.1) is 0 Å². The van der Waals surface area contributed by atoms with Crippen LogP contribution in [-0.2, 0) is 6.54 Å². The molecule has 1 aliphatic rings. The molecule has 0 aliphatic carbocycles. The summed E-state index contributed by atoms with van der Waals surface area (Å²) in [7, 11) is 0. The molecule has 1 heterocycles. The van der Waals surface area contributed by atoms with Gasteiger partial charge >= 0.3 is 0 Å². The predicted molar refractivity (Wildman–Crippen MR) is 66.3 cm³/mol. The second-order valence-corrected chi connectivity index (χ2v) is 5.30. The molecule has 3 heteroatoms. The van der Waals surface area contributed by atoms with Gasteiger partial charge in [-0.2, -0.15) is 11.8 Å². The van der Waals surface area contributed by atoms with Gasteiger partial charge in [0.1, 0.15) is 0 Å². The van der Waals surface area contributed by atoms with E-state index in [0.29, 0.717) is 0 Å². The molecule has 1 aromatic carbocycles. The molecule has 1 nitrogen and oxygen atoms in total. The quantitative estimate of drug-likeness (QED) is 0.771. The Morgan fingerprint density at radius 1 is 1.29 bits per heavy atom. The van der Waals surface area contributed by atoms with Crippen LogP contribution in [0.5, 0.6) is 0 Å². The van der Waals surface area contributed by atoms with Crippen LogP contribution in [0.15, 0.2) is 29.2 Å². The van der Waals surface area contributed by atoms with Gasteiger partial charge in [0.25, 0.3) is 0 Å². The SMILES string of the molecule is Sc1cccc(CN2CCSCC2)c1. The second kappa shape index (κ2) is 5.10. The Labute approximate surface area is 95.3 Å². The molecule has 0 unspecified atom stereocenters. The fraction of sp³-hybridized carbons (Fsp3) is 0.455. The van der Waals surface area contributed by atoms with E-state index < -0.39 is 0 Å². The van der Waals surface area contributed by atoms with Crippen LogP contribution in [0, 0.1) is 0 Å². The molecule has 14 heavy (non-hydrogen) atoms. The van der Waals surface area contributed by atoms with Gasteiger partial charge < -0.3 is 0 Å². The van der Waals surface area contributed by atoms with Crippen molar-refractivity contribution in [1.82, 2.24) is 4.90 Å². The molecule has 76 valence electrons. The summed E-state index contributed by atoms with van der Waals surface area (Å²) in [5, 5.41) is 0. The minimum atomic E-state index is 1.06. The van der Waals surface area contributed by atoms with Crippen molar-refractivity contribution in [3.8, 4) is 0 Å². The molecular formula is C11H15NS2. The summed E-state index contributed by atoms with van der Waals surface area (Å²) in [6.45, 7) is 3.53. The Balaban J connectivity index is 1.95. The summed E-state index contributed by atoms with van der Waals surface area (Å²) in [6, 6.07) is 8.45. The number of rotatable bonds is 2. The van der Waals surface area contributed by atoms with Crippen LogP contribution in [0.1, 0.15) is 5.56 Å². The summed E-state index contributed by atoms with van der Waals surface area (Å²) < 4.78 is 0. The lowest BCUT2D eigenvalue weighted by atomic mass is 10.2. The number of nitrogens with zero attached hydrogens (tertiary/aromatic N) is 1. The summed E-state index contributed by atoms with van der Waals surface area (Å²) in [5.74, 6) is 2.56. The van der Waals surface area contributed by atoms with Crippen LogP contribution >= 0.6 is 24.4 Å². The van der Waals surface area contributed by atoms with E-state index in [1.165, 1.54) is 30.2 Å². The van der Waals surface area contributed by atoms with Gasteiger partial charge in [-0.1, -0.05) is 12.1 Å². The third-order valence-electron chi connectivity index (χ3n) is 2.42. The van der Waals surface area contributed by atoms with Gasteiger partial charge in [-0.25, -0.2) is 0 Å². The molecular weight excluding hydrogens is 210 g/mol. The number of hydrogen-bond donors (Lipinski definition) is 1. The first-order chi connectivity index (χ1) is 6.84. The van der Waals surface area contributed by atoms with Crippen molar-refractivity contribution >= 4 is 24.4 Å². The first-order valence-electron chi connectivity index (χ1n) is 4.92. The molecule has 0 spiro atoms. The molecule has 0 amide bonds. The maximum atomic E-state index is 4.35. The van der Waals surface area contributed by atoms with E-state index in [1.807, 2.05) is 6.07 Å². The molecule has 0 N–H and O–H groups in total. The van der Waals surface area contributed by atoms with Crippen molar-refractivity contribution in [3.05, 3.63) is 29.8 Å². The maximum Gasteiger partial charge on any atom is 0.0234 e. The third kappa shape index (κ3) is 2.94. The van der Waals surface area contributed by atoms with Crippen molar-refractivity contribution < 1.29 is 0 Å². The second-order valence-electron chi connectivity index (χ2n) is 3.56. The van der Waals surface area contributed by atoms with Crippen LogP contribution in [0.25, 0.3) is 0 Å². The Kier molecular flexibility index (Phi) is 3.79. The Morgan fingerprint density at radius 2 is 2.07 bits per heavy atom. The van der Waals surface area contributed by atoms with Gasteiger partial charge in [-0.3, -0.25) is 4.90 Å². The van der Waals surface area contributed by atoms with Crippen molar-refractivity contribution in [3.63, 3.8) is 0 Å². The number of benzene rings is 1. The third-order valence-corrected chi connectivity index (χ3v) is 3.64. The molecule has 1 fully saturated rings. The highest BCUT2D eigenvalue weighted by Gasteiger charge is 2.10. The zero-order valence-electron chi connectivity index (χ0n) is 8.15. The van der Waals surface area contributed by atoms with Crippen LogP contribution in [-0.4, -0.2) is 29.5 Å². The number of thiol groups is 1. The fourth-order valence-electron chi connectivity index (χ4n) is 1.67. The molecule has 1 aliphatic heterocycles. The highest BCUT2D eigenvalue weighted by atomic mass is 32.2. The maximum absolute atomic E-state index is 4.35. The van der Waals surface area contributed by atoms with Crippen molar-refractivity contribution in [2.45, 2.75) is 11.4 Å². The van der Waals surface area contributed by atoms with E-state index in [9.17, 15) is 0 Å². The molecule has 0 aromatic heterocycles. The Hall–Kier alpha value is -0.120. The van der Waals surface area contributed by atoms with E-state index in [2.05, 4.69) is 47.5 Å². The van der Waals surface area contributed by atoms with Crippen LogP contribution in [0.2, 0.25) is 0 Å². The highest BCUT2D eigenvalue weighted by Crippen LogP contribution is 2.14. The molecule has 1 aromatic rings.